The predicted molar refractivity (Wildman–Crippen MR) is 41.3 cm³/mol. The molecule has 0 atom stereocenters. The van der Waals surface area contributed by atoms with Crippen molar-refractivity contribution in [3.8, 4) is 0 Å². The summed E-state index contributed by atoms with van der Waals surface area (Å²) in [6, 6.07) is 0. The number of esters is 1. The van der Waals surface area contributed by atoms with Gasteiger partial charge in [-0.05, 0) is 12.5 Å². The molecule has 0 spiro atoms. The first-order valence-corrected chi connectivity index (χ1v) is 3.18. The van der Waals surface area contributed by atoms with Crippen LogP contribution in [0.2, 0.25) is 0 Å². The minimum Gasteiger partial charge on any atom is -0.464 e. The fourth-order valence-electron chi connectivity index (χ4n) is 0.804. The van der Waals surface area contributed by atoms with E-state index in [9.17, 15) is 4.79 Å². The number of nitrogens with two attached hydrogens (primary N) is 1. The lowest BCUT2D eigenvalue weighted by atomic mass is 10.3. The number of rotatable bonds is 1. The zero-order valence-corrected chi connectivity index (χ0v) is 6.47. The number of methoxy groups -OCH3 is 1. The van der Waals surface area contributed by atoms with Gasteiger partial charge in [0.15, 0.2) is 0 Å². The molecule has 0 bridgehead atoms. The number of carbonyl (C=O) groups is 1. The summed E-state index contributed by atoms with van der Waals surface area (Å²) in [7, 11) is 1.32. The Morgan fingerprint density at radius 1 is 1.73 bits per heavy atom. The summed E-state index contributed by atoms with van der Waals surface area (Å²) >= 11 is 0. The van der Waals surface area contributed by atoms with E-state index in [1.165, 1.54) is 7.11 Å². The Morgan fingerprint density at radius 3 is 2.73 bits per heavy atom. The molecular formula is C7H10N2O2. The Balaban J connectivity index is 3.04. The molecule has 0 aromatic carbocycles. The van der Waals surface area contributed by atoms with Crippen molar-refractivity contribution in [1.82, 2.24) is 4.98 Å². The first-order chi connectivity index (χ1) is 5.16. The van der Waals surface area contributed by atoms with E-state index in [2.05, 4.69) is 9.72 Å². The smallest absolute Gasteiger partial charge is 0.356 e. The zero-order chi connectivity index (χ0) is 8.43. The summed E-state index contributed by atoms with van der Waals surface area (Å²) in [5, 5.41) is 0. The van der Waals surface area contributed by atoms with Crippen LogP contribution >= 0.6 is 0 Å². The third-order valence-electron chi connectivity index (χ3n) is 1.52. The van der Waals surface area contributed by atoms with E-state index in [0.717, 1.165) is 5.56 Å². The number of carbonyl (C=O) groups excluding carboxylic acids is 1. The van der Waals surface area contributed by atoms with Gasteiger partial charge in [0.1, 0.15) is 5.69 Å². The lowest BCUT2D eigenvalue weighted by Gasteiger charge is -1.96. The number of anilines is 1. The van der Waals surface area contributed by atoms with Crippen molar-refractivity contribution in [2.45, 2.75) is 6.92 Å². The van der Waals surface area contributed by atoms with E-state index in [1.807, 2.05) is 6.92 Å². The van der Waals surface area contributed by atoms with Crippen LogP contribution in [0.25, 0.3) is 0 Å². The molecule has 0 fully saturated rings. The number of H-pyrrole nitrogens is 1. The van der Waals surface area contributed by atoms with E-state index >= 15 is 0 Å². The molecule has 1 aromatic heterocycles. The van der Waals surface area contributed by atoms with Crippen molar-refractivity contribution in [3.63, 3.8) is 0 Å². The number of ether oxygens (including phenoxy) is 1. The van der Waals surface area contributed by atoms with Gasteiger partial charge in [-0.15, -0.1) is 0 Å². The Bertz CT molecular complexity index is 278. The molecule has 60 valence electrons. The molecule has 0 aliphatic carbocycles. The number of aromatic nitrogens is 1. The highest BCUT2D eigenvalue weighted by Gasteiger charge is 2.12. The van der Waals surface area contributed by atoms with E-state index in [4.69, 9.17) is 5.73 Å². The normalized spacial score (nSPS) is 9.64. The summed E-state index contributed by atoms with van der Waals surface area (Å²) in [5.41, 5.74) is 7.18. The van der Waals surface area contributed by atoms with Crippen molar-refractivity contribution in [1.29, 1.82) is 0 Å². The Hall–Kier alpha value is -1.45. The molecule has 11 heavy (non-hydrogen) atoms. The number of aryl methyl sites for hydroxylation is 1. The van der Waals surface area contributed by atoms with Crippen molar-refractivity contribution < 1.29 is 9.53 Å². The molecule has 4 heteroatoms. The lowest BCUT2D eigenvalue weighted by molar-refractivity contribution is 0.0596. The van der Waals surface area contributed by atoms with Gasteiger partial charge in [0, 0.05) is 6.20 Å². The van der Waals surface area contributed by atoms with Gasteiger partial charge in [-0.3, -0.25) is 0 Å². The first kappa shape index (κ1) is 7.65. The molecular weight excluding hydrogens is 144 g/mol. The molecule has 0 unspecified atom stereocenters. The average Bonchev–Trinajstić information content (AvgIpc) is 2.32. The number of nitrogens with one attached hydrogen (secondary N) is 1. The summed E-state index contributed by atoms with van der Waals surface area (Å²) < 4.78 is 4.48. The van der Waals surface area contributed by atoms with Crippen molar-refractivity contribution in [3.05, 3.63) is 17.5 Å². The lowest BCUT2D eigenvalue weighted by Crippen LogP contribution is -2.04. The number of hydrogen-bond donors (Lipinski definition) is 2. The largest absolute Gasteiger partial charge is 0.464 e. The minimum absolute atomic E-state index is 0.324. The van der Waals surface area contributed by atoms with Crippen LogP contribution in [0.4, 0.5) is 5.69 Å². The first-order valence-electron chi connectivity index (χ1n) is 3.18. The van der Waals surface area contributed by atoms with E-state index < -0.39 is 5.97 Å². The van der Waals surface area contributed by atoms with Crippen molar-refractivity contribution in [2.75, 3.05) is 12.8 Å². The van der Waals surface area contributed by atoms with Crippen LogP contribution in [0.15, 0.2) is 6.20 Å². The quantitative estimate of drug-likeness (QED) is 0.585. The van der Waals surface area contributed by atoms with Gasteiger partial charge in [0.25, 0.3) is 0 Å². The molecule has 0 aliphatic heterocycles. The fraction of sp³-hybridized carbons (Fsp3) is 0.286. The maximum Gasteiger partial charge on any atom is 0.356 e. The van der Waals surface area contributed by atoms with Crippen LogP contribution in [0.3, 0.4) is 0 Å². The summed E-state index contributed by atoms with van der Waals surface area (Å²) in [6.45, 7) is 1.82. The molecule has 4 nitrogen and oxygen atoms in total. The predicted octanol–water partition coefficient (Wildman–Crippen LogP) is 0.692. The highest BCUT2D eigenvalue weighted by atomic mass is 16.5. The minimum atomic E-state index is -0.435. The second-order valence-corrected chi connectivity index (χ2v) is 2.25. The topological polar surface area (TPSA) is 68.1 Å². The van der Waals surface area contributed by atoms with Crippen LogP contribution in [-0.2, 0) is 4.74 Å². The maximum absolute atomic E-state index is 10.9. The molecule has 0 saturated heterocycles. The van der Waals surface area contributed by atoms with E-state index in [-0.39, 0.29) is 0 Å². The van der Waals surface area contributed by atoms with E-state index in [0.29, 0.717) is 11.4 Å². The maximum atomic E-state index is 10.9. The molecule has 1 rings (SSSR count). The Morgan fingerprint density at radius 2 is 2.36 bits per heavy atom. The zero-order valence-electron chi connectivity index (χ0n) is 6.47. The van der Waals surface area contributed by atoms with Crippen LogP contribution in [-0.4, -0.2) is 18.1 Å². The van der Waals surface area contributed by atoms with Gasteiger partial charge in [-0.1, -0.05) is 0 Å². The van der Waals surface area contributed by atoms with Crippen LogP contribution < -0.4 is 5.73 Å². The van der Waals surface area contributed by atoms with Crippen molar-refractivity contribution in [2.24, 2.45) is 0 Å². The van der Waals surface area contributed by atoms with Gasteiger partial charge in [-0.25, -0.2) is 4.79 Å². The SMILES string of the molecule is COC(=O)c1[nH]cc(C)c1N. The highest BCUT2D eigenvalue weighted by Crippen LogP contribution is 2.15. The third kappa shape index (κ3) is 1.19. The number of aromatic amines is 1. The molecule has 3 N–H and O–H groups in total. The molecule has 1 heterocycles. The average molecular weight is 154 g/mol. The van der Waals surface area contributed by atoms with Gasteiger partial charge < -0.3 is 15.5 Å². The van der Waals surface area contributed by atoms with Gasteiger partial charge >= 0.3 is 5.97 Å². The van der Waals surface area contributed by atoms with Crippen LogP contribution in [0.5, 0.6) is 0 Å². The molecule has 0 aliphatic rings. The Labute approximate surface area is 64.4 Å². The second-order valence-electron chi connectivity index (χ2n) is 2.25. The number of hydrogen-bond acceptors (Lipinski definition) is 3. The summed E-state index contributed by atoms with van der Waals surface area (Å²) in [4.78, 5) is 13.6. The molecule has 0 radical (unpaired) electrons. The Kier molecular flexibility index (Phi) is 1.85. The highest BCUT2D eigenvalue weighted by molar-refractivity contribution is 5.93. The summed E-state index contributed by atoms with van der Waals surface area (Å²) in [5.74, 6) is -0.435. The van der Waals surface area contributed by atoms with Gasteiger partial charge in [-0.2, -0.15) is 0 Å². The summed E-state index contributed by atoms with van der Waals surface area (Å²) in [6.07, 6.45) is 1.67. The van der Waals surface area contributed by atoms with E-state index in [1.54, 1.807) is 6.20 Å². The van der Waals surface area contributed by atoms with Crippen LogP contribution in [0.1, 0.15) is 16.1 Å². The standard InChI is InChI=1S/C7H10N2O2/c1-4-3-9-6(5(4)8)7(10)11-2/h3,9H,8H2,1-2H3. The molecule has 0 saturated carbocycles. The van der Waals surface area contributed by atoms with Crippen molar-refractivity contribution >= 4 is 11.7 Å². The monoisotopic (exact) mass is 154 g/mol. The fourth-order valence-corrected chi connectivity index (χ4v) is 0.804. The van der Waals surface area contributed by atoms with Gasteiger partial charge in [0.05, 0.1) is 12.8 Å². The van der Waals surface area contributed by atoms with Crippen LogP contribution in [0, 0.1) is 6.92 Å². The third-order valence-corrected chi connectivity index (χ3v) is 1.52. The molecule has 0 amide bonds. The molecule has 1 aromatic rings. The second kappa shape index (κ2) is 2.65. The number of nitrogen functional groups attached to an aromatic ring is 1. The van der Waals surface area contributed by atoms with Gasteiger partial charge in [0.2, 0.25) is 0 Å².